The van der Waals surface area contributed by atoms with E-state index in [1.807, 2.05) is 0 Å². The molecule has 2 aliphatic rings. The number of benzene rings is 2. The van der Waals surface area contributed by atoms with Crippen LogP contribution >= 0.6 is 0 Å². The van der Waals surface area contributed by atoms with E-state index < -0.39 is 35.5 Å². The van der Waals surface area contributed by atoms with Crippen LogP contribution in [0.4, 0.5) is 4.39 Å². The third-order valence-corrected chi connectivity index (χ3v) is 5.67. The number of aliphatic hydroxyl groups is 1. The summed E-state index contributed by atoms with van der Waals surface area (Å²) in [6.45, 7) is -0.264. The number of carbonyl (C=O) groups is 4. The number of piperidine rings is 1. The minimum Gasteiger partial charge on any atom is -0.392 e. The van der Waals surface area contributed by atoms with Gasteiger partial charge in [0.2, 0.25) is 11.8 Å². The molecule has 0 radical (unpaired) electrons. The Labute approximate surface area is 185 Å². The highest BCUT2D eigenvalue weighted by Crippen LogP contribution is 2.31. The standard InChI is InChI=1S/C22H16FN5O5/c23-15-4-1-11(10-29)7-18(15)27-9-16(25-26-27)12-2-3-13-14(8-12)22(33)28(21(13)32)17-5-6-19(30)24-20(17)31/h1-4,7-9,17,29H,5-6,10H2,(H,24,30,31). The molecule has 10 nitrogen and oxygen atoms in total. The minimum atomic E-state index is -1.05. The van der Waals surface area contributed by atoms with Crippen LogP contribution in [0.3, 0.4) is 0 Å². The van der Waals surface area contributed by atoms with Gasteiger partial charge in [-0.05, 0) is 36.2 Å². The van der Waals surface area contributed by atoms with Gasteiger partial charge in [-0.1, -0.05) is 17.3 Å². The van der Waals surface area contributed by atoms with Crippen molar-refractivity contribution in [3.63, 3.8) is 0 Å². The molecule has 4 amide bonds. The number of amides is 4. The van der Waals surface area contributed by atoms with E-state index in [0.29, 0.717) is 16.8 Å². The molecule has 3 heterocycles. The number of carbonyl (C=O) groups excluding carboxylic acids is 4. The van der Waals surface area contributed by atoms with Gasteiger partial charge in [-0.15, -0.1) is 5.10 Å². The monoisotopic (exact) mass is 449 g/mol. The molecule has 1 fully saturated rings. The van der Waals surface area contributed by atoms with E-state index in [1.54, 1.807) is 6.07 Å². The molecule has 33 heavy (non-hydrogen) atoms. The lowest BCUT2D eigenvalue weighted by molar-refractivity contribution is -0.136. The number of rotatable bonds is 4. The molecule has 2 aromatic carbocycles. The first-order valence-electron chi connectivity index (χ1n) is 10.1. The van der Waals surface area contributed by atoms with Crippen molar-refractivity contribution >= 4 is 23.6 Å². The Hall–Kier alpha value is -4.25. The summed E-state index contributed by atoms with van der Waals surface area (Å²) in [7, 11) is 0. The van der Waals surface area contributed by atoms with E-state index in [1.165, 1.54) is 41.2 Å². The Balaban J connectivity index is 1.46. The van der Waals surface area contributed by atoms with E-state index in [-0.39, 0.29) is 36.3 Å². The smallest absolute Gasteiger partial charge is 0.262 e. The van der Waals surface area contributed by atoms with Crippen molar-refractivity contribution in [3.05, 3.63) is 65.1 Å². The van der Waals surface area contributed by atoms with Crippen molar-refractivity contribution in [2.24, 2.45) is 0 Å². The Morgan fingerprint density at radius 3 is 2.61 bits per heavy atom. The molecule has 1 atom stereocenters. The molecule has 0 aliphatic carbocycles. The fourth-order valence-corrected chi connectivity index (χ4v) is 3.98. The normalized spacial score (nSPS) is 18.0. The fraction of sp³-hybridized carbons (Fsp3) is 0.182. The zero-order valence-corrected chi connectivity index (χ0v) is 17.0. The van der Waals surface area contributed by atoms with E-state index >= 15 is 0 Å². The van der Waals surface area contributed by atoms with Crippen LogP contribution in [0.2, 0.25) is 0 Å². The van der Waals surface area contributed by atoms with Gasteiger partial charge in [0.1, 0.15) is 23.2 Å². The molecule has 2 N–H and O–H groups in total. The van der Waals surface area contributed by atoms with Crippen LogP contribution in [0.5, 0.6) is 0 Å². The Morgan fingerprint density at radius 1 is 1.06 bits per heavy atom. The summed E-state index contributed by atoms with van der Waals surface area (Å²) in [4.78, 5) is 50.3. The molecule has 0 bridgehead atoms. The third kappa shape index (κ3) is 3.38. The number of hydrogen-bond donors (Lipinski definition) is 2. The summed E-state index contributed by atoms with van der Waals surface area (Å²) in [6.07, 6.45) is 1.56. The lowest BCUT2D eigenvalue weighted by Crippen LogP contribution is -2.54. The molecule has 1 saturated heterocycles. The number of imide groups is 2. The summed E-state index contributed by atoms with van der Waals surface area (Å²) in [6, 6.07) is 7.56. The highest BCUT2D eigenvalue weighted by molar-refractivity contribution is 6.23. The second kappa shape index (κ2) is 7.71. The van der Waals surface area contributed by atoms with Crippen molar-refractivity contribution in [2.45, 2.75) is 25.5 Å². The molecule has 3 aromatic rings. The second-order valence-electron chi connectivity index (χ2n) is 7.70. The van der Waals surface area contributed by atoms with Crippen molar-refractivity contribution in [3.8, 4) is 16.9 Å². The Kier molecular flexibility index (Phi) is 4.82. The van der Waals surface area contributed by atoms with Crippen molar-refractivity contribution in [1.29, 1.82) is 0 Å². The van der Waals surface area contributed by atoms with Gasteiger partial charge in [0.15, 0.2) is 0 Å². The molecule has 1 unspecified atom stereocenters. The fourth-order valence-electron chi connectivity index (χ4n) is 3.98. The molecule has 2 aliphatic heterocycles. The zero-order chi connectivity index (χ0) is 23.3. The summed E-state index contributed by atoms with van der Waals surface area (Å²) in [5.41, 5.74) is 1.62. The van der Waals surface area contributed by atoms with E-state index in [9.17, 15) is 28.7 Å². The predicted octanol–water partition coefficient (Wildman–Crippen LogP) is 0.967. The molecule has 1 aromatic heterocycles. The first kappa shape index (κ1) is 20.6. The largest absolute Gasteiger partial charge is 0.392 e. The molecule has 0 saturated carbocycles. The topological polar surface area (TPSA) is 134 Å². The lowest BCUT2D eigenvalue weighted by atomic mass is 10.0. The number of aliphatic hydroxyl groups excluding tert-OH is 1. The maximum atomic E-state index is 14.2. The van der Waals surface area contributed by atoms with Gasteiger partial charge < -0.3 is 5.11 Å². The Morgan fingerprint density at radius 2 is 1.85 bits per heavy atom. The number of hydrogen-bond acceptors (Lipinski definition) is 7. The maximum absolute atomic E-state index is 14.2. The van der Waals surface area contributed by atoms with Gasteiger partial charge in [0.25, 0.3) is 11.8 Å². The highest BCUT2D eigenvalue weighted by atomic mass is 19.1. The van der Waals surface area contributed by atoms with Crippen LogP contribution in [0.1, 0.15) is 39.1 Å². The third-order valence-electron chi connectivity index (χ3n) is 5.67. The van der Waals surface area contributed by atoms with Gasteiger partial charge in [0.05, 0.1) is 23.9 Å². The number of aromatic nitrogens is 3. The molecule has 166 valence electrons. The average Bonchev–Trinajstić information content (AvgIpc) is 3.38. The summed E-state index contributed by atoms with van der Waals surface area (Å²) in [5, 5.41) is 19.4. The summed E-state index contributed by atoms with van der Waals surface area (Å²) >= 11 is 0. The Bertz CT molecular complexity index is 1350. The van der Waals surface area contributed by atoms with Crippen LogP contribution < -0.4 is 5.32 Å². The van der Waals surface area contributed by atoms with Gasteiger partial charge in [-0.2, -0.15) is 0 Å². The van der Waals surface area contributed by atoms with Gasteiger partial charge in [-0.25, -0.2) is 9.07 Å². The molecule has 5 rings (SSSR count). The van der Waals surface area contributed by atoms with Crippen molar-refractivity contribution in [1.82, 2.24) is 25.2 Å². The maximum Gasteiger partial charge on any atom is 0.262 e. The minimum absolute atomic E-state index is 0.0339. The highest BCUT2D eigenvalue weighted by Gasteiger charge is 2.44. The van der Waals surface area contributed by atoms with E-state index in [4.69, 9.17) is 0 Å². The first-order valence-corrected chi connectivity index (χ1v) is 10.1. The molecule has 11 heteroatoms. The second-order valence-corrected chi connectivity index (χ2v) is 7.70. The van der Waals surface area contributed by atoms with Crippen LogP contribution in [-0.2, 0) is 16.2 Å². The summed E-state index contributed by atoms with van der Waals surface area (Å²) in [5.74, 6) is -2.93. The van der Waals surface area contributed by atoms with Gasteiger partial charge in [-0.3, -0.25) is 29.4 Å². The molecular weight excluding hydrogens is 433 g/mol. The van der Waals surface area contributed by atoms with Crippen LogP contribution in [-0.4, -0.2) is 54.7 Å². The number of nitrogens with zero attached hydrogens (tertiary/aromatic N) is 4. The van der Waals surface area contributed by atoms with E-state index in [2.05, 4.69) is 15.6 Å². The van der Waals surface area contributed by atoms with E-state index in [0.717, 1.165) is 4.90 Å². The number of fused-ring (bicyclic) bond motifs is 1. The predicted molar refractivity (Wildman–Crippen MR) is 109 cm³/mol. The quantitative estimate of drug-likeness (QED) is 0.567. The first-order chi connectivity index (χ1) is 15.9. The zero-order valence-electron chi connectivity index (χ0n) is 17.0. The summed E-state index contributed by atoms with van der Waals surface area (Å²) < 4.78 is 15.4. The van der Waals surface area contributed by atoms with Crippen LogP contribution in [0.25, 0.3) is 16.9 Å². The van der Waals surface area contributed by atoms with Gasteiger partial charge >= 0.3 is 0 Å². The SMILES string of the molecule is O=C1CCC(N2C(=O)c3ccc(-c4cn(-c5cc(CO)ccc5F)nn4)cc3C2=O)C(=O)N1. The van der Waals surface area contributed by atoms with Gasteiger partial charge in [0, 0.05) is 12.0 Å². The average molecular weight is 449 g/mol. The number of halogens is 1. The van der Waals surface area contributed by atoms with Crippen LogP contribution in [0, 0.1) is 5.82 Å². The number of nitrogens with one attached hydrogen (secondary N) is 1. The van der Waals surface area contributed by atoms with Crippen molar-refractivity contribution in [2.75, 3.05) is 0 Å². The molecular formula is C22H16FN5O5. The van der Waals surface area contributed by atoms with Crippen molar-refractivity contribution < 1.29 is 28.7 Å². The lowest BCUT2D eigenvalue weighted by Gasteiger charge is -2.27. The van der Waals surface area contributed by atoms with Crippen LogP contribution in [0.15, 0.2) is 42.6 Å². The molecule has 0 spiro atoms.